The van der Waals surface area contributed by atoms with E-state index in [1.807, 2.05) is 30.3 Å². The third-order valence-corrected chi connectivity index (χ3v) is 5.65. The Bertz CT molecular complexity index is 683. The van der Waals surface area contributed by atoms with E-state index in [2.05, 4.69) is 29.0 Å². The van der Waals surface area contributed by atoms with Crippen molar-refractivity contribution in [2.45, 2.75) is 38.3 Å². The molecule has 3 saturated heterocycles. The van der Waals surface area contributed by atoms with Crippen LogP contribution in [0, 0.1) is 5.92 Å². The first-order chi connectivity index (χ1) is 10.6. The molecule has 3 fully saturated rings. The van der Waals surface area contributed by atoms with Gasteiger partial charge in [-0.2, -0.15) is 0 Å². The predicted molar refractivity (Wildman–Crippen MR) is 95.2 cm³/mol. The first-order valence-corrected chi connectivity index (χ1v) is 8.19. The van der Waals surface area contributed by atoms with Crippen LogP contribution >= 0.6 is 12.4 Å². The fraction of sp³-hybridized carbons (Fsp3) is 0.500. The van der Waals surface area contributed by atoms with Crippen molar-refractivity contribution in [1.29, 1.82) is 0 Å². The number of piperidine rings is 3. The van der Waals surface area contributed by atoms with Gasteiger partial charge < -0.3 is 10.3 Å². The number of aromatic amines is 1. The molecule has 1 aromatic heterocycles. The summed E-state index contributed by atoms with van der Waals surface area (Å²) >= 11 is 0. The van der Waals surface area contributed by atoms with E-state index in [9.17, 15) is 4.79 Å². The summed E-state index contributed by atoms with van der Waals surface area (Å²) in [6.07, 6.45) is 2.39. The maximum atomic E-state index is 12.7. The molecular formula is C18H24ClN3O. The number of aromatic nitrogens is 1. The first kappa shape index (κ1) is 16.3. The van der Waals surface area contributed by atoms with Crippen LogP contribution in [0.4, 0.5) is 0 Å². The Balaban J connectivity index is 0.00000156. The molecule has 124 valence electrons. The number of hydrogen-bond acceptors (Lipinski definition) is 2. The molecule has 2 bridgehead atoms. The van der Waals surface area contributed by atoms with E-state index in [1.54, 1.807) is 0 Å². The Hall–Kier alpha value is -1.52. The quantitative estimate of drug-likeness (QED) is 0.886. The molecule has 5 rings (SSSR count). The number of para-hydroxylation sites is 1. The number of amides is 1. The Kier molecular flexibility index (Phi) is 4.15. The van der Waals surface area contributed by atoms with Crippen LogP contribution in [0.1, 0.15) is 37.2 Å². The van der Waals surface area contributed by atoms with Crippen LogP contribution in [0.15, 0.2) is 30.3 Å². The molecule has 3 aliphatic rings. The van der Waals surface area contributed by atoms with Crippen LogP contribution in [0.3, 0.4) is 0 Å². The minimum absolute atomic E-state index is 0. The zero-order chi connectivity index (χ0) is 15.3. The number of carbonyl (C=O) groups is 1. The van der Waals surface area contributed by atoms with Crippen molar-refractivity contribution in [1.82, 2.24) is 15.2 Å². The van der Waals surface area contributed by atoms with Gasteiger partial charge in [0, 0.05) is 22.5 Å². The highest BCUT2D eigenvalue weighted by Crippen LogP contribution is 2.39. The second kappa shape index (κ2) is 5.84. The monoisotopic (exact) mass is 333 g/mol. The molecule has 0 aliphatic carbocycles. The summed E-state index contributed by atoms with van der Waals surface area (Å²) in [6, 6.07) is 10.2. The number of nitrogens with one attached hydrogen (secondary N) is 2. The number of rotatable bonds is 2. The van der Waals surface area contributed by atoms with Crippen molar-refractivity contribution < 1.29 is 4.79 Å². The molecule has 2 aromatic rings. The SMILES string of the molecule is CC1(C)C(NC(=O)c2cc3ccccc3[nH]2)C2CCN1CC2.Cl. The third-order valence-electron chi connectivity index (χ3n) is 5.65. The molecule has 0 spiro atoms. The van der Waals surface area contributed by atoms with E-state index >= 15 is 0 Å². The largest absolute Gasteiger partial charge is 0.351 e. The van der Waals surface area contributed by atoms with Crippen LogP contribution in [-0.4, -0.2) is 40.5 Å². The number of carbonyl (C=O) groups excluding carboxylic acids is 1. The highest BCUT2D eigenvalue weighted by molar-refractivity contribution is 5.98. The topological polar surface area (TPSA) is 48.1 Å². The maximum absolute atomic E-state index is 12.7. The molecule has 0 saturated carbocycles. The van der Waals surface area contributed by atoms with Crippen LogP contribution < -0.4 is 5.32 Å². The molecular weight excluding hydrogens is 310 g/mol. The Morgan fingerprint density at radius 2 is 1.96 bits per heavy atom. The van der Waals surface area contributed by atoms with Crippen LogP contribution in [0.25, 0.3) is 10.9 Å². The number of nitrogens with zero attached hydrogens (tertiary/aromatic N) is 1. The number of benzene rings is 1. The minimum Gasteiger partial charge on any atom is -0.351 e. The van der Waals surface area contributed by atoms with Crippen molar-refractivity contribution in [2.75, 3.05) is 13.1 Å². The Morgan fingerprint density at radius 3 is 2.61 bits per heavy atom. The van der Waals surface area contributed by atoms with E-state index in [0.29, 0.717) is 11.6 Å². The first-order valence-electron chi connectivity index (χ1n) is 8.19. The van der Waals surface area contributed by atoms with E-state index < -0.39 is 0 Å². The van der Waals surface area contributed by atoms with Crippen molar-refractivity contribution in [3.8, 4) is 0 Å². The van der Waals surface area contributed by atoms with Crippen LogP contribution in [-0.2, 0) is 0 Å². The smallest absolute Gasteiger partial charge is 0.268 e. The number of fused-ring (bicyclic) bond motifs is 4. The molecule has 1 amide bonds. The summed E-state index contributed by atoms with van der Waals surface area (Å²) in [4.78, 5) is 18.4. The molecule has 4 heterocycles. The standard InChI is InChI=1S/C18H23N3O.ClH/c1-18(2)16(12-7-9-21(18)10-8-12)20-17(22)15-11-13-5-3-4-6-14(13)19-15;/h3-6,11-12,16,19H,7-10H2,1-2H3,(H,20,22);1H. The summed E-state index contributed by atoms with van der Waals surface area (Å²) < 4.78 is 0. The van der Waals surface area contributed by atoms with Crippen LogP contribution in [0.2, 0.25) is 0 Å². The van der Waals surface area contributed by atoms with Gasteiger partial charge in [0.15, 0.2) is 0 Å². The normalized spacial score (nSPS) is 28.3. The molecule has 3 aliphatic heterocycles. The molecule has 1 atom stereocenters. The fourth-order valence-electron chi connectivity index (χ4n) is 4.29. The van der Waals surface area contributed by atoms with Crippen molar-refractivity contribution in [3.05, 3.63) is 36.0 Å². The highest BCUT2D eigenvalue weighted by Gasteiger charge is 2.48. The van der Waals surface area contributed by atoms with Gasteiger partial charge in [-0.25, -0.2) is 0 Å². The highest BCUT2D eigenvalue weighted by atomic mass is 35.5. The molecule has 1 aromatic carbocycles. The molecule has 4 nitrogen and oxygen atoms in total. The van der Waals surface area contributed by atoms with Gasteiger partial charge in [-0.05, 0) is 57.8 Å². The average Bonchev–Trinajstić information content (AvgIpc) is 2.95. The summed E-state index contributed by atoms with van der Waals surface area (Å²) in [5.74, 6) is 0.622. The molecule has 2 N–H and O–H groups in total. The van der Waals surface area contributed by atoms with Gasteiger partial charge in [-0.3, -0.25) is 9.69 Å². The second-order valence-electron chi connectivity index (χ2n) is 7.20. The van der Waals surface area contributed by atoms with Crippen molar-refractivity contribution >= 4 is 29.2 Å². The van der Waals surface area contributed by atoms with Crippen molar-refractivity contribution in [2.24, 2.45) is 5.92 Å². The number of H-pyrrole nitrogens is 1. The lowest BCUT2D eigenvalue weighted by molar-refractivity contribution is -0.0378. The summed E-state index contributed by atoms with van der Waals surface area (Å²) in [7, 11) is 0. The third kappa shape index (κ3) is 2.64. The van der Waals surface area contributed by atoms with E-state index in [0.717, 1.165) is 24.0 Å². The lowest BCUT2D eigenvalue weighted by Crippen LogP contribution is -2.69. The van der Waals surface area contributed by atoms with Crippen LogP contribution in [0.5, 0.6) is 0 Å². The van der Waals surface area contributed by atoms with Crippen molar-refractivity contribution in [3.63, 3.8) is 0 Å². The van der Waals surface area contributed by atoms with E-state index in [1.165, 1.54) is 12.8 Å². The number of halogens is 1. The van der Waals surface area contributed by atoms with E-state index in [4.69, 9.17) is 0 Å². The van der Waals surface area contributed by atoms with Gasteiger partial charge in [0.05, 0.1) is 0 Å². The van der Waals surface area contributed by atoms with Gasteiger partial charge in [0.2, 0.25) is 0 Å². The Labute approximate surface area is 143 Å². The zero-order valence-electron chi connectivity index (χ0n) is 13.6. The average molecular weight is 334 g/mol. The van der Waals surface area contributed by atoms with E-state index in [-0.39, 0.29) is 29.9 Å². The summed E-state index contributed by atoms with van der Waals surface area (Å²) in [5, 5.41) is 4.39. The summed E-state index contributed by atoms with van der Waals surface area (Å²) in [5.41, 5.74) is 1.72. The fourth-order valence-corrected chi connectivity index (χ4v) is 4.29. The molecule has 1 unspecified atom stereocenters. The lowest BCUT2D eigenvalue weighted by atomic mass is 9.72. The lowest BCUT2D eigenvalue weighted by Gasteiger charge is -2.56. The maximum Gasteiger partial charge on any atom is 0.268 e. The summed E-state index contributed by atoms with van der Waals surface area (Å²) in [6.45, 7) is 6.84. The second-order valence-corrected chi connectivity index (χ2v) is 7.20. The van der Waals surface area contributed by atoms with Gasteiger partial charge in [0.25, 0.3) is 5.91 Å². The zero-order valence-corrected chi connectivity index (χ0v) is 14.5. The predicted octanol–water partition coefficient (Wildman–Crippen LogP) is 3.19. The molecule has 23 heavy (non-hydrogen) atoms. The van der Waals surface area contributed by atoms with Gasteiger partial charge in [-0.1, -0.05) is 18.2 Å². The number of hydrogen-bond donors (Lipinski definition) is 2. The van der Waals surface area contributed by atoms with Gasteiger partial charge in [-0.15, -0.1) is 12.4 Å². The minimum atomic E-state index is 0. The molecule has 0 radical (unpaired) electrons. The van der Waals surface area contributed by atoms with Gasteiger partial charge >= 0.3 is 0 Å². The van der Waals surface area contributed by atoms with Gasteiger partial charge in [0.1, 0.15) is 5.69 Å². The Morgan fingerprint density at radius 1 is 1.26 bits per heavy atom. The molecule has 5 heteroatoms.